The van der Waals surface area contributed by atoms with E-state index < -0.39 is 6.43 Å². The molecular weight excluding hydrogens is 232 g/mol. The van der Waals surface area contributed by atoms with E-state index in [0.717, 1.165) is 25.9 Å². The number of nitrogens with zero attached hydrogens (tertiary/aromatic N) is 1. The number of hydrogen-bond acceptors (Lipinski definition) is 1. The van der Waals surface area contributed by atoms with Crippen molar-refractivity contribution in [3.63, 3.8) is 0 Å². The zero-order valence-electron chi connectivity index (χ0n) is 12.2. The van der Waals surface area contributed by atoms with Gasteiger partial charge in [-0.2, -0.15) is 0 Å². The number of rotatable bonds is 2. The summed E-state index contributed by atoms with van der Waals surface area (Å²) in [5, 5.41) is 0. The van der Waals surface area contributed by atoms with Crippen LogP contribution in [-0.2, 0) is 0 Å². The SMILES string of the molecule is CC1(C)CC(C)(C)C2CCN(CC(F)F)CCC21. The molecule has 3 heteroatoms. The summed E-state index contributed by atoms with van der Waals surface area (Å²) in [6, 6.07) is 0. The number of alkyl halides is 2. The Balaban J connectivity index is 2.08. The van der Waals surface area contributed by atoms with Crippen LogP contribution in [0.5, 0.6) is 0 Å². The van der Waals surface area contributed by atoms with Crippen LogP contribution in [-0.4, -0.2) is 31.0 Å². The Morgan fingerprint density at radius 3 is 1.83 bits per heavy atom. The average Bonchev–Trinajstić information content (AvgIpc) is 2.36. The van der Waals surface area contributed by atoms with Gasteiger partial charge in [-0.25, -0.2) is 8.78 Å². The average molecular weight is 259 g/mol. The first-order valence-corrected chi connectivity index (χ1v) is 7.23. The van der Waals surface area contributed by atoms with Crippen LogP contribution in [0.2, 0.25) is 0 Å². The van der Waals surface area contributed by atoms with Crippen molar-refractivity contribution in [3.8, 4) is 0 Å². The second-order valence-corrected chi connectivity index (χ2v) is 7.64. The quantitative estimate of drug-likeness (QED) is 0.723. The van der Waals surface area contributed by atoms with Gasteiger partial charge in [0.05, 0.1) is 6.54 Å². The molecule has 1 aliphatic carbocycles. The summed E-state index contributed by atoms with van der Waals surface area (Å²) in [7, 11) is 0. The Kier molecular flexibility index (Phi) is 3.74. The van der Waals surface area contributed by atoms with Gasteiger partial charge in [-0.3, -0.25) is 4.90 Å². The number of fused-ring (bicyclic) bond motifs is 1. The molecule has 18 heavy (non-hydrogen) atoms. The second kappa shape index (κ2) is 4.73. The van der Waals surface area contributed by atoms with Gasteiger partial charge in [0.1, 0.15) is 0 Å². The molecule has 0 radical (unpaired) electrons. The first-order valence-electron chi connectivity index (χ1n) is 7.23. The van der Waals surface area contributed by atoms with E-state index in [-0.39, 0.29) is 6.54 Å². The Morgan fingerprint density at radius 1 is 1.00 bits per heavy atom. The summed E-state index contributed by atoms with van der Waals surface area (Å²) in [5.41, 5.74) is 0.740. The van der Waals surface area contributed by atoms with Crippen molar-refractivity contribution >= 4 is 0 Å². The maximum Gasteiger partial charge on any atom is 0.251 e. The minimum Gasteiger partial charge on any atom is -0.298 e. The lowest BCUT2D eigenvalue weighted by molar-refractivity contribution is 0.0863. The van der Waals surface area contributed by atoms with Crippen LogP contribution in [0.25, 0.3) is 0 Å². The van der Waals surface area contributed by atoms with Crippen LogP contribution in [0, 0.1) is 22.7 Å². The minimum absolute atomic E-state index is 0.0414. The Bertz CT molecular complexity index is 275. The lowest BCUT2D eigenvalue weighted by atomic mass is 9.74. The van der Waals surface area contributed by atoms with Gasteiger partial charge in [0.2, 0.25) is 0 Å². The smallest absolute Gasteiger partial charge is 0.251 e. The van der Waals surface area contributed by atoms with Gasteiger partial charge in [-0.05, 0) is 55.0 Å². The molecule has 1 nitrogen and oxygen atoms in total. The van der Waals surface area contributed by atoms with E-state index in [4.69, 9.17) is 0 Å². The maximum absolute atomic E-state index is 12.5. The van der Waals surface area contributed by atoms with E-state index in [1.165, 1.54) is 6.42 Å². The first-order chi connectivity index (χ1) is 8.22. The Labute approximate surface area is 110 Å². The third-order valence-corrected chi connectivity index (χ3v) is 5.31. The fraction of sp³-hybridized carbons (Fsp3) is 1.00. The molecule has 0 aromatic carbocycles. The van der Waals surface area contributed by atoms with Crippen molar-refractivity contribution in [1.82, 2.24) is 4.90 Å². The van der Waals surface area contributed by atoms with Crippen molar-refractivity contribution < 1.29 is 8.78 Å². The Hall–Kier alpha value is -0.180. The number of hydrogen-bond donors (Lipinski definition) is 0. The molecule has 0 aromatic rings. The van der Waals surface area contributed by atoms with Gasteiger partial charge in [0.15, 0.2) is 0 Å². The van der Waals surface area contributed by atoms with E-state index in [9.17, 15) is 8.78 Å². The molecule has 2 rings (SSSR count). The molecule has 0 N–H and O–H groups in total. The monoisotopic (exact) mass is 259 g/mol. The van der Waals surface area contributed by atoms with Gasteiger partial charge < -0.3 is 0 Å². The largest absolute Gasteiger partial charge is 0.298 e. The highest BCUT2D eigenvalue weighted by atomic mass is 19.3. The van der Waals surface area contributed by atoms with Crippen LogP contribution < -0.4 is 0 Å². The van der Waals surface area contributed by atoms with E-state index in [1.807, 2.05) is 4.90 Å². The van der Waals surface area contributed by atoms with Gasteiger partial charge >= 0.3 is 0 Å². The molecule has 2 unspecified atom stereocenters. The predicted molar refractivity (Wildman–Crippen MR) is 70.8 cm³/mol. The Morgan fingerprint density at radius 2 is 1.44 bits per heavy atom. The minimum atomic E-state index is -2.19. The van der Waals surface area contributed by atoms with E-state index in [2.05, 4.69) is 27.7 Å². The topological polar surface area (TPSA) is 3.24 Å². The summed E-state index contributed by atoms with van der Waals surface area (Å²) in [6.45, 7) is 11.1. The lowest BCUT2D eigenvalue weighted by Gasteiger charge is -2.30. The third kappa shape index (κ3) is 2.71. The molecule has 1 heterocycles. The number of likely N-dealkylation sites (tertiary alicyclic amines) is 1. The molecule has 106 valence electrons. The van der Waals surface area contributed by atoms with Crippen molar-refractivity contribution in [2.45, 2.75) is 53.4 Å². The highest BCUT2D eigenvalue weighted by molar-refractivity contribution is 5.02. The molecule has 0 amide bonds. The molecule has 1 aliphatic heterocycles. The van der Waals surface area contributed by atoms with E-state index >= 15 is 0 Å². The molecule has 2 fully saturated rings. The molecular formula is C15H27F2N. The highest BCUT2D eigenvalue weighted by Crippen LogP contribution is 2.59. The van der Waals surface area contributed by atoms with Gasteiger partial charge in [0, 0.05) is 0 Å². The van der Waals surface area contributed by atoms with Crippen molar-refractivity contribution in [1.29, 1.82) is 0 Å². The fourth-order valence-corrected chi connectivity index (χ4v) is 4.84. The predicted octanol–water partition coefficient (Wildman–Crippen LogP) is 4.04. The summed E-state index contributed by atoms with van der Waals surface area (Å²) >= 11 is 0. The standard InChI is InChI=1S/C15H27F2N/c1-14(2)10-15(3,4)12-6-8-18(9-13(16)17)7-5-11(12)14/h11-13H,5-10H2,1-4H3. The molecule has 2 atom stereocenters. The van der Waals surface area contributed by atoms with Crippen LogP contribution in [0.1, 0.15) is 47.0 Å². The molecule has 1 saturated heterocycles. The van der Waals surface area contributed by atoms with Crippen LogP contribution in [0.4, 0.5) is 8.78 Å². The molecule has 0 spiro atoms. The number of halogens is 2. The summed E-state index contributed by atoms with van der Waals surface area (Å²) in [5.74, 6) is 1.41. The van der Waals surface area contributed by atoms with Crippen molar-refractivity contribution in [2.75, 3.05) is 19.6 Å². The maximum atomic E-state index is 12.5. The summed E-state index contributed by atoms with van der Waals surface area (Å²) in [4.78, 5) is 1.97. The third-order valence-electron chi connectivity index (χ3n) is 5.31. The zero-order valence-corrected chi connectivity index (χ0v) is 12.2. The van der Waals surface area contributed by atoms with Crippen molar-refractivity contribution in [3.05, 3.63) is 0 Å². The first kappa shape index (κ1) is 14.2. The zero-order chi connectivity index (χ0) is 13.6. The van der Waals surface area contributed by atoms with Gasteiger partial charge in [0.25, 0.3) is 6.43 Å². The van der Waals surface area contributed by atoms with E-state index in [1.54, 1.807) is 0 Å². The van der Waals surface area contributed by atoms with Gasteiger partial charge in [-0.1, -0.05) is 27.7 Å². The molecule has 0 aromatic heterocycles. The molecule has 2 aliphatic rings. The normalized spacial score (nSPS) is 35.5. The van der Waals surface area contributed by atoms with Crippen molar-refractivity contribution in [2.24, 2.45) is 22.7 Å². The van der Waals surface area contributed by atoms with E-state index in [0.29, 0.717) is 22.7 Å². The summed E-state index contributed by atoms with van der Waals surface area (Å²) < 4.78 is 25.0. The molecule has 1 saturated carbocycles. The van der Waals surface area contributed by atoms with Crippen LogP contribution >= 0.6 is 0 Å². The highest BCUT2D eigenvalue weighted by Gasteiger charge is 2.52. The fourth-order valence-electron chi connectivity index (χ4n) is 4.84. The second-order valence-electron chi connectivity index (χ2n) is 7.64. The molecule has 0 bridgehead atoms. The summed E-state index contributed by atoms with van der Waals surface area (Å²) in [6.07, 6.45) is 1.26. The lowest BCUT2D eigenvalue weighted by Crippen LogP contribution is -2.31. The van der Waals surface area contributed by atoms with Crippen LogP contribution in [0.15, 0.2) is 0 Å². The van der Waals surface area contributed by atoms with Crippen LogP contribution in [0.3, 0.4) is 0 Å². The van der Waals surface area contributed by atoms with Gasteiger partial charge in [-0.15, -0.1) is 0 Å².